The topological polar surface area (TPSA) is 0 Å². The molecule has 0 N–H and O–H groups in total. The van der Waals surface area contributed by atoms with E-state index in [2.05, 4.69) is 63.5 Å². The van der Waals surface area contributed by atoms with Crippen molar-refractivity contribution in [3.05, 3.63) is 40.4 Å². The molecule has 2 rings (SSSR count). The van der Waals surface area contributed by atoms with E-state index in [0.717, 1.165) is 6.42 Å². The minimum absolute atomic E-state index is 0.266. The highest BCUT2D eigenvalue weighted by Crippen LogP contribution is 2.30. The van der Waals surface area contributed by atoms with Crippen LogP contribution in [0.25, 0.3) is 0 Å². The Morgan fingerprint density at radius 2 is 1.94 bits per heavy atom. The van der Waals surface area contributed by atoms with E-state index in [1.807, 2.05) is 11.3 Å². The molecular weight excluding hydrogens is 240 g/mol. The second kappa shape index (κ2) is 4.25. The van der Waals surface area contributed by atoms with Gasteiger partial charge in [0.2, 0.25) is 0 Å². The largest absolute Gasteiger partial charge is 0.153 e. The van der Waals surface area contributed by atoms with Gasteiger partial charge in [0.1, 0.15) is 8.07 Å². The van der Waals surface area contributed by atoms with Gasteiger partial charge in [0, 0.05) is 0 Å². The number of allylic oxidation sites excluding steroid dienone is 4. The number of hydrogen-bond donors (Lipinski definition) is 0. The molecule has 0 atom stereocenters. The fourth-order valence-electron chi connectivity index (χ4n) is 2.44. The van der Waals surface area contributed by atoms with Crippen LogP contribution in [-0.4, -0.2) is 8.07 Å². The smallest absolute Gasteiger partial charge is 0.124 e. The van der Waals surface area contributed by atoms with Crippen LogP contribution in [-0.2, 0) is 5.41 Å². The molecule has 1 heterocycles. The van der Waals surface area contributed by atoms with Crippen molar-refractivity contribution in [3.8, 4) is 0 Å². The minimum atomic E-state index is -1.46. The van der Waals surface area contributed by atoms with E-state index < -0.39 is 8.07 Å². The summed E-state index contributed by atoms with van der Waals surface area (Å²) in [7, 11) is -1.46. The van der Waals surface area contributed by atoms with E-state index in [1.165, 1.54) is 0 Å². The molecule has 0 aromatic carbocycles. The monoisotopic (exact) mass is 262 g/mol. The van der Waals surface area contributed by atoms with Gasteiger partial charge in [-0.15, -0.1) is 0 Å². The Balaban J connectivity index is 2.47. The van der Waals surface area contributed by atoms with Gasteiger partial charge in [-0.1, -0.05) is 57.3 Å². The summed E-state index contributed by atoms with van der Waals surface area (Å²) < 4.78 is 1.66. The van der Waals surface area contributed by atoms with Crippen molar-refractivity contribution in [2.24, 2.45) is 0 Å². The fourth-order valence-corrected chi connectivity index (χ4v) is 7.57. The zero-order chi connectivity index (χ0) is 12.7. The van der Waals surface area contributed by atoms with Gasteiger partial charge in [0.25, 0.3) is 0 Å². The maximum atomic E-state index is 2.48. The Bertz CT molecular complexity index is 469. The molecule has 1 aromatic heterocycles. The summed E-state index contributed by atoms with van der Waals surface area (Å²) in [6.07, 6.45) is 8.17. The number of thiophene rings is 1. The van der Waals surface area contributed by atoms with Crippen LogP contribution in [0.3, 0.4) is 0 Å². The van der Waals surface area contributed by atoms with Crippen molar-refractivity contribution in [1.29, 1.82) is 0 Å². The molecule has 0 bridgehead atoms. The third-order valence-electron chi connectivity index (χ3n) is 3.53. The lowest BCUT2D eigenvalue weighted by Gasteiger charge is -2.28. The van der Waals surface area contributed by atoms with Crippen LogP contribution in [0.4, 0.5) is 0 Å². The van der Waals surface area contributed by atoms with Crippen molar-refractivity contribution in [2.75, 3.05) is 0 Å². The van der Waals surface area contributed by atoms with Crippen LogP contribution in [0.15, 0.2) is 34.9 Å². The Kier molecular flexibility index (Phi) is 3.21. The second-order valence-corrected chi connectivity index (χ2v) is 11.9. The quantitative estimate of drug-likeness (QED) is 0.694. The Labute approximate surface area is 110 Å². The highest BCUT2D eigenvalue weighted by molar-refractivity contribution is 7.27. The van der Waals surface area contributed by atoms with Crippen molar-refractivity contribution in [3.63, 3.8) is 0 Å². The summed E-state index contributed by atoms with van der Waals surface area (Å²) in [6, 6.07) is 2.33. The SMILES string of the molecule is CC(C)(C)c1ccsc1[Si](C)(C)C1=CCC=C1. The van der Waals surface area contributed by atoms with Gasteiger partial charge in [0.15, 0.2) is 0 Å². The van der Waals surface area contributed by atoms with Gasteiger partial charge < -0.3 is 0 Å². The first kappa shape index (κ1) is 12.8. The van der Waals surface area contributed by atoms with Gasteiger partial charge in [-0.05, 0) is 33.3 Å². The van der Waals surface area contributed by atoms with E-state index in [9.17, 15) is 0 Å². The first-order valence-electron chi connectivity index (χ1n) is 6.29. The molecule has 0 saturated carbocycles. The van der Waals surface area contributed by atoms with Crippen molar-refractivity contribution in [1.82, 2.24) is 0 Å². The maximum absolute atomic E-state index is 2.48. The highest BCUT2D eigenvalue weighted by atomic mass is 32.1. The van der Waals surface area contributed by atoms with Gasteiger partial charge in [-0.3, -0.25) is 0 Å². The molecule has 0 aliphatic heterocycles. The first-order valence-corrected chi connectivity index (χ1v) is 10.2. The molecular formula is C15H22SSi. The molecule has 1 aromatic rings. The predicted molar refractivity (Wildman–Crippen MR) is 82.0 cm³/mol. The maximum Gasteiger partial charge on any atom is 0.124 e. The molecule has 0 fully saturated rings. The van der Waals surface area contributed by atoms with Gasteiger partial charge in [-0.25, -0.2) is 0 Å². The predicted octanol–water partition coefficient (Wildman–Crippen LogP) is 4.39. The fraction of sp³-hybridized carbons (Fsp3) is 0.467. The minimum Gasteiger partial charge on any atom is -0.153 e. The molecule has 0 nitrogen and oxygen atoms in total. The average molecular weight is 262 g/mol. The van der Waals surface area contributed by atoms with Crippen molar-refractivity contribution < 1.29 is 0 Å². The zero-order valence-electron chi connectivity index (χ0n) is 11.5. The molecule has 1 aliphatic rings. The van der Waals surface area contributed by atoms with E-state index >= 15 is 0 Å². The summed E-state index contributed by atoms with van der Waals surface area (Å²) in [5.74, 6) is 0. The second-order valence-electron chi connectivity index (χ2n) is 6.34. The summed E-state index contributed by atoms with van der Waals surface area (Å²) in [4.78, 5) is 0. The van der Waals surface area contributed by atoms with Gasteiger partial charge in [-0.2, -0.15) is 11.3 Å². The van der Waals surface area contributed by atoms with Crippen LogP contribution in [0, 0.1) is 0 Å². The summed E-state index contributed by atoms with van der Waals surface area (Å²) in [6.45, 7) is 11.9. The number of hydrogen-bond acceptors (Lipinski definition) is 1. The lowest BCUT2D eigenvalue weighted by atomic mass is 9.89. The van der Waals surface area contributed by atoms with E-state index in [1.54, 1.807) is 15.3 Å². The third-order valence-corrected chi connectivity index (χ3v) is 9.36. The van der Waals surface area contributed by atoms with Gasteiger partial charge >= 0.3 is 0 Å². The molecule has 0 saturated heterocycles. The van der Waals surface area contributed by atoms with Crippen molar-refractivity contribution >= 4 is 23.9 Å². The molecule has 0 spiro atoms. The zero-order valence-corrected chi connectivity index (χ0v) is 13.3. The average Bonchev–Trinajstić information content (AvgIpc) is 2.89. The Morgan fingerprint density at radius 3 is 2.47 bits per heavy atom. The molecule has 0 radical (unpaired) electrons. The van der Waals surface area contributed by atoms with Gasteiger partial charge in [0.05, 0.1) is 0 Å². The van der Waals surface area contributed by atoms with Crippen LogP contribution in [0.5, 0.6) is 0 Å². The molecule has 0 unspecified atom stereocenters. The lowest BCUT2D eigenvalue weighted by Crippen LogP contribution is -2.45. The van der Waals surface area contributed by atoms with Crippen LogP contribution in [0.2, 0.25) is 13.1 Å². The Hall–Kier alpha value is -0.603. The molecule has 92 valence electrons. The summed E-state index contributed by atoms with van der Waals surface area (Å²) in [5.41, 5.74) is 1.82. The Morgan fingerprint density at radius 1 is 1.24 bits per heavy atom. The van der Waals surface area contributed by atoms with Crippen molar-refractivity contribution in [2.45, 2.75) is 45.7 Å². The van der Waals surface area contributed by atoms with E-state index in [-0.39, 0.29) is 5.41 Å². The van der Waals surface area contributed by atoms with Crippen LogP contribution >= 0.6 is 11.3 Å². The molecule has 17 heavy (non-hydrogen) atoms. The normalized spacial score (nSPS) is 16.4. The molecule has 1 aliphatic carbocycles. The third kappa shape index (κ3) is 2.34. The molecule has 0 amide bonds. The van der Waals surface area contributed by atoms with E-state index in [4.69, 9.17) is 0 Å². The standard InChI is InChI=1S/C15H22SSi/c1-15(2,3)13-10-11-16-14(13)17(4,5)12-8-6-7-9-12/h6,8-11H,7H2,1-5H3. The highest BCUT2D eigenvalue weighted by Gasteiger charge is 2.34. The summed E-state index contributed by atoms with van der Waals surface area (Å²) >= 11 is 1.96. The number of rotatable bonds is 2. The molecule has 2 heteroatoms. The van der Waals surface area contributed by atoms with E-state index in [0.29, 0.717) is 0 Å². The first-order chi connectivity index (χ1) is 7.83. The van der Waals surface area contributed by atoms with Crippen LogP contribution < -0.4 is 4.50 Å². The van der Waals surface area contributed by atoms with Crippen LogP contribution in [0.1, 0.15) is 32.8 Å². The summed E-state index contributed by atoms with van der Waals surface area (Å²) in [5, 5.41) is 3.87. The lowest BCUT2D eigenvalue weighted by molar-refractivity contribution is 0.595.